The SMILES string of the molecule is CC1=C(C2(O)CCN(C(=O)CC(c3ccccc3)c3ccccc3)C2)CC1. The number of rotatable bonds is 5. The summed E-state index contributed by atoms with van der Waals surface area (Å²) in [6.07, 6.45) is 3.14. The van der Waals surface area contributed by atoms with Gasteiger partial charge in [-0.1, -0.05) is 66.2 Å². The van der Waals surface area contributed by atoms with Gasteiger partial charge in [0, 0.05) is 18.9 Å². The molecule has 1 fully saturated rings. The van der Waals surface area contributed by atoms with Crippen LogP contribution in [0.25, 0.3) is 0 Å². The topological polar surface area (TPSA) is 40.5 Å². The second-order valence-corrected chi connectivity index (χ2v) is 7.93. The van der Waals surface area contributed by atoms with Gasteiger partial charge in [0.25, 0.3) is 0 Å². The first-order valence-corrected chi connectivity index (χ1v) is 9.86. The second kappa shape index (κ2) is 7.32. The molecule has 1 amide bonds. The smallest absolute Gasteiger partial charge is 0.223 e. The summed E-state index contributed by atoms with van der Waals surface area (Å²) in [5.74, 6) is 0.166. The molecule has 3 heteroatoms. The van der Waals surface area contributed by atoms with Crippen LogP contribution in [0.5, 0.6) is 0 Å². The molecule has 1 aliphatic carbocycles. The molecule has 0 saturated carbocycles. The molecule has 1 saturated heterocycles. The number of likely N-dealkylation sites (tertiary alicyclic amines) is 1. The fraction of sp³-hybridized carbons (Fsp3) is 0.375. The van der Waals surface area contributed by atoms with Crippen LogP contribution < -0.4 is 0 Å². The van der Waals surface area contributed by atoms with Crippen LogP contribution in [0, 0.1) is 0 Å². The molecule has 0 bridgehead atoms. The Bertz CT molecular complexity index is 804. The Hall–Kier alpha value is -2.39. The van der Waals surface area contributed by atoms with E-state index in [0.29, 0.717) is 25.9 Å². The first kappa shape index (κ1) is 18.0. The third kappa shape index (κ3) is 3.57. The Kier molecular flexibility index (Phi) is 4.88. The zero-order chi connectivity index (χ0) is 18.9. The molecule has 4 rings (SSSR count). The second-order valence-electron chi connectivity index (χ2n) is 7.93. The van der Waals surface area contributed by atoms with Crippen LogP contribution in [0.15, 0.2) is 71.8 Å². The number of nitrogens with zero attached hydrogens (tertiary/aromatic N) is 1. The van der Waals surface area contributed by atoms with Gasteiger partial charge in [0.1, 0.15) is 5.60 Å². The average Bonchev–Trinajstić information content (AvgIpc) is 3.08. The van der Waals surface area contributed by atoms with Gasteiger partial charge in [0.2, 0.25) is 5.91 Å². The third-order valence-electron chi connectivity index (χ3n) is 6.21. The van der Waals surface area contributed by atoms with Crippen LogP contribution in [0.1, 0.15) is 49.7 Å². The minimum atomic E-state index is -0.799. The molecule has 2 aliphatic rings. The summed E-state index contributed by atoms with van der Waals surface area (Å²) < 4.78 is 0. The van der Waals surface area contributed by atoms with Gasteiger partial charge >= 0.3 is 0 Å². The highest BCUT2D eigenvalue weighted by Crippen LogP contribution is 2.41. The first-order valence-electron chi connectivity index (χ1n) is 9.86. The predicted molar refractivity (Wildman–Crippen MR) is 107 cm³/mol. The maximum Gasteiger partial charge on any atom is 0.223 e. The standard InChI is InChI=1S/C24H27NO2/c1-18-12-13-22(18)24(27)14-15-25(17-24)23(26)16-21(19-8-4-2-5-9-19)20-10-6-3-7-11-20/h2-11,21,27H,12-17H2,1H3. The van der Waals surface area contributed by atoms with E-state index in [1.807, 2.05) is 41.3 Å². The molecular formula is C24H27NO2. The van der Waals surface area contributed by atoms with Crippen molar-refractivity contribution in [3.63, 3.8) is 0 Å². The van der Waals surface area contributed by atoms with Gasteiger partial charge in [0.15, 0.2) is 0 Å². The number of β-amino-alcohol motifs (C(OH)–C–C–N with tert-alkyl or cyclic N) is 1. The summed E-state index contributed by atoms with van der Waals surface area (Å²) >= 11 is 0. The van der Waals surface area contributed by atoms with Crippen LogP contribution in [-0.4, -0.2) is 34.6 Å². The minimum absolute atomic E-state index is 0.0400. The van der Waals surface area contributed by atoms with Crippen molar-refractivity contribution in [2.75, 3.05) is 13.1 Å². The van der Waals surface area contributed by atoms with E-state index in [0.717, 1.165) is 24.0 Å². The molecule has 0 aromatic heterocycles. The lowest BCUT2D eigenvalue weighted by Crippen LogP contribution is -2.40. The number of amides is 1. The van der Waals surface area contributed by atoms with Crippen molar-refractivity contribution in [3.05, 3.63) is 82.9 Å². The summed E-state index contributed by atoms with van der Waals surface area (Å²) in [6, 6.07) is 20.5. The van der Waals surface area contributed by atoms with Crippen LogP contribution in [-0.2, 0) is 4.79 Å². The van der Waals surface area contributed by atoms with Crippen LogP contribution in [0.3, 0.4) is 0 Å². The summed E-state index contributed by atoms with van der Waals surface area (Å²) in [5.41, 5.74) is 3.99. The van der Waals surface area contributed by atoms with Crippen molar-refractivity contribution < 1.29 is 9.90 Å². The van der Waals surface area contributed by atoms with Crippen LogP contribution >= 0.6 is 0 Å². The van der Waals surface area contributed by atoms with Crippen molar-refractivity contribution in [3.8, 4) is 0 Å². The maximum absolute atomic E-state index is 13.1. The number of allylic oxidation sites excluding steroid dienone is 1. The Morgan fingerprint density at radius 3 is 2.11 bits per heavy atom. The lowest BCUT2D eigenvalue weighted by Gasteiger charge is -2.34. The molecule has 2 aromatic rings. The van der Waals surface area contributed by atoms with E-state index in [1.165, 1.54) is 11.1 Å². The van der Waals surface area contributed by atoms with Crippen molar-refractivity contribution in [1.29, 1.82) is 0 Å². The van der Waals surface area contributed by atoms with Gasteiger partial charge in [-0.25, -0.2) is 0 Å². The highest BCUT2D eigenvalue weighted by atomic mass is 16.3. The van der Waals surface area contributed by atoms with E-state index >= 15 is 0 Å². The minimum Gasteiger partial charge on any atom is -0.384 e. The van der Waals surface area contributed by atoms with Crippen molar-refractivity contribution in [1.82, 2.24) is 4.90 Å². The number of aliphatic hydroxyl groups is 1. The zero-order valence-electron chi connectivity index (χ0n) is 15.9. The van der Waals surface area contributed by atoms with E-state index in [-0.39, 0.29) is 11.8 Å². The normalized spacial score (nSPS) is 22.3. The molecular weight excluding hydrogens is 334 g/mol. The van der Waals surface area contributed by atoms with E-state index in [1.54, 1.807) is 0 Å². The molecule has 1 atom stereocenters. The third-order valence-corrected chi connectivity index (χ3v) is 6.21. The Balaban J connectivity index is 1.52. The monoisotopic (exact) mass is 361 g/mol. The van der Waals surface area contributed by atoms with Crippen LogP contribution in [0.2, 0.25) is 0 Å². The fourth-order valence-corrected chi connectivity index (χ4v) is 4.49. The molecule has 0 radical (unpaired) electrons. The largest absolute Gasteiger partial charge is 0.384 e. The van der Waals surface area contributed by atoms with Gasteiger partial charge in [-0.05, 0) is 42.9 Å². The van der Waals surface area contributed by atoms with Gasteiger partial charge in [-0.2, -0.15) is 0 Å². The van der Waals surface area contributed by atoms with E-state index in [4.69, 9.17) is 0 Å². The van der Waals surface area contributed by atoms with E-state index < -0.39 is 5.60 Å². The molecule has 1 unspecified atom stereocenters. The number of hydrogen-bond acceptors (Lipinski definition) is 2. The maximum atomic E-state index is 13.1. The van der Waals surface area contributed by atoms with Crippen molar-refractivity contribution in [2.24, 2.45) is 0 Å². The molecule has 1 N–H and O–H groups in total. The van der Waals surface area contributed by atoms with Gasteiger partial charge in [-0.3, -0.25) is 4.79 Å². The summed E-state index contributed by atoms with van der Waals surface area (Å²) in [6.45, 7) is 3.18. The summed E-state index contributed by atoms with van der Waals surface area (Å²) in [5, 5.41) is 11.0. The molecule has 140 valence electrons. The average molecular weight is 361 g/mol. The highest BCUT2D eigenvalue weighted by Gasteiger charge is 2.43. The number of benzene rings is 2. The highest BCUT2D eigenvalue weighted by molar-refractivity contribution is 5.78. The molecule has 3 nitrogen and oxygen atoms in total. The fourth-order valence-electron chi connectivity index (χ4n) is 4.49. The molecule has 27 heavy (non-hydrogen) atoms. The Morgan fingerprint density at radius 1 is 1.04 bits per heavy atom. The predicted octanol–water partition coefficient (Wildman–Crippen LogP) is 4.28. The molecule has 2 aromatic carbocycles. The molecule has 1 aliphatic heterocycles. The number of hydrogen-bond donors (Lipinski definition) is 1. The lowest BCUT2D eigenvalue weighted by molar-refractivity contribution is -0.131. The summed E-state index contributed by atoms with van der Waals surface area (Å²) in [7, 11) is 0. The lowest BCUT2D eigenvalue weighted by atomic mass is 9.77. The number of carbonyl (C=O) groups excluding carboxylic acids is 1. The zero-order valence-corrected chi connectivity index (χ0v) is 15.9. The van der Waals surface area contributed by atoms with Gasteiger partial charge in [-0.15, -0.1) is 0 Å². The van der Waals surface area contributed by atoms with Crippen molar-refractivity contribution in [2.45, 2.75) is 44.1 Å². The first-order chi connectivity index (χ1) is 13.1. The number of carbonyl (C=O) groups is 1. The molecule has 1 heterocycles. The Labute approximate surface area is 161 Å². The quantitative estimate of drug-likeness (QED) is 0.808. The van der Waals surface area contributed by atoms with Crippen molar-refractivity contribution >= 4 is 5.91 Å². The van der Waals surface area contributed by atoms with Gasteiger partial charge < -0.3 is 10.0 Å². The summed E-state index contributed by atoms with van der Waals surface area (Å²) in [4.78, 5) is 15.0. The van der Waals surface area contributed by atoms with Gasteiger partial charge in [0.05, 0.1) is 6.54 Å². The van der Waals surface area contributed by atoms with E-state index in [9.17, 15) is 9.90 Å². The van der Waals surface area contributed by atoms with E-state index in [2.05, 4.69) is 31.2 Å². The Morgan fingerprint density at radius 2 is 1.63 bits per heavy atom. The van der Waals surface area contributed by atoms with Crippen LogP contribution in [0.4, 0.5) is 0 Å². The molecule has 0 spiro atoms.